The third-order valence-corrected chi connectivity index (χ3v) is 6.96. The normalized spacial score (nSPS) is 13.5. The highest BCUT2D eigenvalue weighted by Gasteiger charge is 2.30. The number of benzene rings is 2. The van der Waals surface area contributed by atoms with E-state index in [-0.39, 0.29) is 30.6 Å². The van der Waals surface area contributed by atoms with Crippen molar-refractivity contribution in [3.8, 4) is 0 Å². The third-order valence-electron chi connectivity index (χ3n) is 6.96. The Balaban J connectivity index is 1.59. The largest absolute Gasteiger partial charge is 0.461 e. The fraction of sp³-hybridized carbons (Fsp3) is 0.562. The first-order chi connectivity index (χ1) is 18.0. The van der Waals surface area contributed by atoms with E-state index in [2.05, 4.69) is 0 Å². The van der Waals surface area contributed by atoms with Crippen LogP contribution in [-0.2, 0) is 32.3 Å². The lowest BCUT2D eigenvalue weighted by Gasteiger charge is -2.25. The van der Waals surface area contributed by atoms with E-state index < -0.39 is 17.6 Å². The summed E-state index contributed by atoms with van der Waals surface area (Å²) in [6.07, 6.45) is 3.47. The van der Waals surface area contributed by atoms with E-state index in [0.717, 1.165) is 11.1 Å². The summed E-state index contributed by atoms with van der Waals surface area (Å²) in [5, 5.41) is 20.9. The van der Waals surface area contributed by atoms with Gasteiger partial charge in [0.1, 0.15) is 13.2 Å². The second-order valence-corrected chi connectivity index (χ2v) is 11.7. The SMILES string of the molecule is CC(C)(CCC(O)CCCC(O)CCC(C)(C)C(=O)OCc1ccccc1)CC(=O)OCc1ccccc1. The second-order valence-electron chi connectivity index (χ2n) is 11.7. The molecule has 2 aromatic rings. The highest BCUT2D eigenvalue weighted by molar-refractivity contribution is 5.75. The predicted molar refractivity (Wildman–Crippen MR) is 149 cm³/mol. The Kier molecular flexibility index (Phi) is 13.0. The number of carbonyl (C=O) groups is 2. The van der Waals surface area contributed by atoms with Crippen LogP contribution in [-0.4, -0.2) is 34.4 Å². The molecule has 0 aliphatic carbocycles. The summed E-state index contributed by atoms with van der Waals surface area (Å²) in [6, 6.07) is 19.2. The summed E-state index contributed by atoms with van der Waals surface area (Å²) in [5.41, 5.74) is 0.961. The van der Waals surface area contributed by atoms with Crippen molar-refractivity contribution in [1.29, 1.82) is 0 Å². The molecule has 0 fully saturated rings. The molecule has 0 amide bonds. The lowest BCUT2D eigenvalue weighted by atomic mass is 9.83. The fourth-order valence-corrected chi connectivity index (χ4v) is 4.25. The van der Waals surface area contributed by atoms with Gasteiger partial charge >= 0.3 is 11.9 Å². The number of aliphatic hydroxyl groups excluding tert-OH is 2. The van der Waals surface area contributed by atoms with Gasteiger partial charge in [-0.15, -0.1) is 0 Å². The Bertz CT molecular complexity index is 954. The van der Waals surface area contributed by atoms with Crippen molar-refractivity contribution < 1.29 is 29.3 Å². The minimum atomic E-state index is -0.677. The van der Waals surface area contributed by atoms with Gasteiger partial charge in [0.2, 0.25) is 0 Å². The summed E-state index contributed by atoms with van der Waals surface area (Å²) < 4.78 is 10.9. The van der Waals surface area contributed by atoms with Crippen LogP contribution in [0.4, 0.5) is 0 Å². The van der Waals surface area contributed by atoms with Gasteiger partial charge in [0.05, 0.1) is 24.0 Å². The molecule has 0 aliphatic rings. The molecule has 0 saturated heterocycles. The zero-order valence-corrected chi connectivity index (χ0v) is 23.5. The number of rotatable bonds is 17. The molecule has 0 aliphatic heterocycles. The highest BCUT2D eigenvalue weighted by atomic mass is 16.5. The van der Waals surface area contributed by atoms with Crippen molar-refractivity contribution in [2.45, 2.75) is 104 Å². The van der Waals surface area contributed by atoms with Gasteiger partial charge in [-0.1, -0.05) is 74.5 Å². The zero-order valence-electron chi connectivity index (χ0n) is 23.5. The molecule has 38 heavy (non-hydrogen) atoms. The Morgan fingerprint density at radius 3 is 1.71 bits per heavy atom. The summed E-state index contributed by atoms with van der Waals surface area (Å²) >= 11 is 0. The molecular formula is C32H46O6. The van der Waals surface area contributed by atoms with Gasteiger partial charge in [0.15, 0.2) is 0 Å². The third kappa shape index (κ3) is 12.7. The van der Waals surface area contributed by atoms with Crippen LogP contribution < -0.4 is 0 Å². The van der Waals surface area contributed by atoms with Crippen LogP contribution in [0.3, 0.4) is 0 Å². The summed E-state index contributed by atoms with van der Waals surface area (Å²) in [6.45, 7) is 8.23. The molecule has 0 aromatic heterocycles. The van der Waals surface area contributed by atoms with Gasteiger partial charge in [-0.05, 0) is 75.3 Å². The molecule has 0 radical (unpaired) electrons. The van der Waals surface area contributed by atoms with Crippen molar-refractivity contribution in [1.82, 2.24) is 0 Å². The topological polar surface area (TPSA) is 93.1 Å². The summed E-state index contributed by atoms with van der Waals surface area (Å²) in [5.74, 6) is -0.501. The van der Waals surface area contributed by atoms with Crippen molar-refractivity contribution in [3.05, 3.63) is 71.8 Å². The molecule has 210 valence electrons. The van der Waals surface area contributed by atoms with Crippen LogP contribution in [0.15, 0.2) is 60.7 Å². The average Bonchev–Trinajstić information content (AvgIpc) is 2.89. The van der Waals surface area contributed by atoms with Gasteiger partial charge in [-0.3, -0.25) is 9.59 Å². The Morgan fingerprint density at radius 1 is 0.711 bits per heavy atom. The van der Waals surface area contributed by atoms with Crippen molar-refractivity contribution in [2.24, 2.45) is 10.8 Å². The number of esters is 2. The minimum Gasteiger partial charge on any atom is -0.461 e. The smallest absolute Gasteiger partial charge is 0.311 e. The van der Waals surface area contributed by atoms with Gasteiger partial charge < -0.3 is 19.7 Å². The van der Waals surface area contributed by atoms with Crippen LogP contribution in [0.25, 0.3) is 0 Å². The van der Waals surface area contributed by atoms with Gasteiger partial charge in [-0.25, -0.2) is 0 Å². The van der Waals surface area contributed by atoms with Gasteiger partial charge in [0, 0.05) is 0 Å². The molecule has 2 rings (SSSR count). The molecular weight excluding hydrogens is 480 g/mol. The molecule has 0 saturated carbocycles. The first kappa shape index (κ1) is 31.5. The minimum absolute atomic E-state index is 0.233. The van der Waals surface area contributed by atoms with Crippen LogP contribution in [0, 0.1) is 10.8 Å². The predicted octanol–water partition coefficient (Wildman–Crippen LogP) is 6.37. The number of ether oxygens (including phenoxy) is 2. The number of aliphatic hydroxyl groups is 2. The van der Waals surface area contributed by atoms with Crippen LogP contribution in [0.1, 0.15) is 90.2 Å². The van der Waals surface area contributed by atoms with E-state index in [0.29, 0.717) is 51.4 Å². The molecule has 2 aromatic carbocycles. The molecule has 6 nitrogen and oxygen atoms in total. The van der Waals surface area contributed by atoms with Crippen LogP contribution in [0.5, 0.6) is 0 Å². The lowest BCUT2D eigenvalue weighted by Crippen LogP contribution is -2.28. The Hall–Kier alpha value is -2.70. The number of hydrogen-bond acceptors (Lipinski definition) is 6. The molecule has 6 heteroatoms. The fourth-order valence-electron chi connectivity index (χ4n) is 4.25. The second kappa shape index (κ2) is 15.6. The molecule has 2 atom stereocenters. The average molecular weight is 527 g/mol. The summed E-state index contributed by atoms with van der Waals surface area (Å²) in [7, 11) is 0. The van der Waals surface area contributed by atoms with E-state index in [9.17, 15) is 19.8 Å². The van der Waals surface area contributed by atoms with Crippen LogP contribution in [0.2, 0.25) is 0 Å². The number of hydrogen-bond donors (Lipinski definition) is 2. The number of carbonyl (C=O) groups excluding carboxylic acids is 2. The Labute approximate surface area is 228 Å². The van der Waals surface area contributed by atoms with Crippen molar-refractivity contribution in [3.63, 3.8) is 0 Å². The lowest BCUT2D eigenvalue weighted by molar-refractivity contribution is -0.156. The van der Waals surface area contributed by atoms with E-state index in [1.165, 1.54) is 0 Å². The highest BCUT2D eigenvalue weighted by Crippen LogP contribution is 2.30. The van der Waals surface area contributed by atoms with Gasteiger partial charge in [-0.2, -0.15) is 0 Å². The molecule has 2 unspecified atom stereocenters. The van der Waals surface area contributed by atoms with E-state index in [1.54, 1.807) is 0 Å². The van der Waals surface area contributed by atoms with Crippen molar-refractivity contribution in [2.75, 3.05) is 0 Å². The quantitative estimate of drug-likeness (QED) is 0.233. The first-order valence-corrected chi connectivity index (χ1v) is 13.7. The van der Waals surface area contributed by atoms with E-state index >= 15 is 0 Å². The maximum Gasteiger partial charge on any atom is 0.311 e. The molecule has 0 bridgehead atoms. The van der Waals surface area contributed by atoms with E-state index in [1.807, 2.05) is 88.4 Å². The maximum atomic E-state index is 12.5. The van der Waals surface area contributed by atoms with Crippen molar-refractivity contribution >= 4 is 11.9 Å². The molecule has 2 N–H and O–H groups in total. The maximum absolute atomic E-state index is 12.5. The molecule has 0 heterocycles. The summed E-state index contributed by atoms with van der Waals surface area (Å²) in [4.78, 5) is 24.8. The Morgan fingerprint density at radius 2 is 1.18 bits per heavy atom. The standard InChI is InChI=1S/C32H46O6/c1-31(2,22-29(35)37-23-25-12-7-5-8-13-25)20-18-27(33)16-11-17-28(34)19-21-32(3,4)30(36)38-24-26-14-9-6-10-15-26/h5-10,12-15,27-28,33-34H,11,16-24H2,1-4H3. The van der Waals surface area contributed by atoms with Crippen LogP contribution >= 0.6 is 0 Å². The zero-order chi connectivity index (χ0) is 28.0. The van der Waals surface area contributed by atoms with Gasteiger partial charge in [0.25, 0.3) is 0 Å². The van der Waals surface area contributed by atoms with E-state index in [4.69, 9.17) is 9.47 Å². The molecule has 0 spiro atoms. The monoisotopic (exact) mass is 526 g/mol. The first-order valence-electron chi connectivity index (χ1n) is 13.7.